The summed E-state index contributed by atoms with van der Waals surface area (Å²) < 4.78 is 2.22. The van der Waals surface area contributed by atoms with Crippen molar-refractivity contribution in [3.63, 3.8) is 0 Å². The number of imide groups is 1. The van der Waals surface area contributed by atoms with Crippen molar-refractivity contribution in [2.45, 2.75) is 58.5 Å². The fraction of sp³-hybridized carbons (Fsp3) is 0.400. The lowest BCUT2D eigenvalue weighted by atomic mass is 9.90. The van der Waals surface area contributed by atoms with Crippen molar-refractivity contribution >= 4 is 40.5 Å². The lowest BCUT2D eigenvalue weighted by molar-refractivity contribution is -0.134. The van der Waals surface area contributed by atoms with Crippen molar-refractivity contribution in [1.29, 1.82) is 0 Å². The van der Waals surface area contributed by atoms with E-state index in [0.717, 1.165) is 84.7 Å². The Morgan fingerprint density at radius 2 is 1.65 bits per heavy atom. The molecule has 46 heavy (non-hydrogen) atoms. The van der Waals surface area contributed by atoms with Crippen LogP contribution in [0.4, 0.5) is 0 Å². The van der Waals surface area contributed by atoms with Crippen LogP contribution in [0.3, 0.4) is 0 Å². The number of fused-ring (bicyclic) bond motifs is 3. The van der Waals surface area contributed by atoms with Gasteiger partial charge in [0.2, 0.25) is 11.8 Å². The van der Waals surface area contributed by atoms with Crippen LogP contribution in [-0.2, 0) is 16.1 Å². The van der Waals surface area contributed by atoms with Gasteiger partial charge in [-0.25, -0.2) is 0 Å². The van der Waals surface area contributed by atoms with E-state index >= 15 is 0 Å². The average molecular weight is 656 g/mol. The molecule has 3 aliphatic heterocycles. The van der Waals surface area contributed by atoms with Crippen LogP contribution in [0.2, 0.25) is 5.02 Å². The Morgan fingerprint density at radius 1 is 0.935 bits per heavy atom. The summed E-state index contributed by atoms with van der Waals surface area (Å²) in [4.78, 5) is 35.5. The van der Waals surface area contributed by atoms with Gasteiger partial charge in [0.25, 0.3) is 0 Å². The predicted octanol–water partition coefficient (Wildman–Crippen LogP) is 5.53. The number of hydrogen-bond donors (Lipinski definition) is 1. The third-order valence-electron chi connectivity index (χ3n) is 9.57. The number of amides is 2. The quantitative estimate of drug-likeness (QED) is 0.263. The third-order valence-corrected chi connectivity index (χ3v) is 11.0. The SMILES string of the molecule is Cc1sc2c(c1C)C(c1ccc(Cl)cc1)=N[C@@H](CCN1CCN(Cc3ccc(C4CCC(=O)NC4=O)cc3)CC1)c1nnc(C)n1-2. The van der Waals surface area contributed by atoms with E-state index in [4.69, 9.17) is 16.6 Å². The number of aryl methyl sites for hydroxylation is 2. The van der Waals surface area contributed by atoms with Crippen molar-refractivity contribution < 1.29 is 9.59 Å². The summed E-state index contributed by atoms with van der Waals surface area (Å²) >= 11 is 8.05. The van der Waals surface area contributed by atoms with Crippen LogP contribution >= 0.6 is 22.9 Å². The Hall–Kier alpha value is -3.70. The number of benzene rings is 2. The Labute approximate surface area is 278 Å². The first kappa shape index (κ1) is 30.9. The molecule has 2 amide bonds. The highest BCUT2D eigenvalue weighted by molar-refractivity contribution is 7.15. The third kappa shape index (κ3) is 6.07. The number of nitrogens with one attached hydrogen (secondary N) is 1. The van der Waals surface area contributed by atoms with Crippen molar-refractivity contribution in [1.82, 2.24) is 29.9 Å². The van der Waals surface area contributed by atoms with E-state index < -0.39 is 0 Å². The van der Waals surface area contributed by atoms with Gasteiger partial charge in [0, 0.05) is 66.7 Å². The standard InChI is InChI=1S/C35H38ClN7O2S/c1-21-22(2)46-35-31(21)32(26-8-10-27(36)11-9-26)37-29(33-40-39-23(3)43(33)35)14-15-41-16-18-42(19-17-41)20-24-4-6-25(7-5-24)28-12-13-30(44)38-34(28)45/h4-11,28-29H,12-20H2,1-3H3,(H,38,44,45)/t28?,29-/m0/s1. The summed E-state index contributed by atoms with van der Waals surface area (Å²) in [5.41, 5.74) is 6.68. The molecule has 7 rings (SSSR count). The second-order valence-corrected chi connectivity index (χ2v) is 14.2. The average Bonchev–Trinajstić information content (AvgIpc) is 3.52. The molecule has 2 saturated heterocycles. The van der Waals surface area contributed by atoms with Crippen LogP contribution in [0.5, 0.6) is 0 Å². The number of thiophene rings is 1. The molecule has 0 radical (unpaired) electrons. The molecule has 11 heteroatoms. The summed E-state index contributed by atoms with van der Waals surface area (Å²) in [5, 5.41) is 13.5. The van der Waals surface area contributed by atoms with E-state index in [-0.39, 0.29) is 23.8 Å². The number of aliphatic imine (C=N–C) groups is 1. The monoisotopic (exact) mass is 655 g/mol. The molecular weight excluding hydrogens is 618 g/mol. The van der Waals surface area contributed by atoms with E-state index in [2.05, 4.69) is 68.0 Å². The van der Waals surface area contributed by atoms with E-state index in [9.17, 15) is 9.59 Å². The summed E-state index contributed by atoms with van der Waals surface area (Å²) in [7, 11) is 0. The maximum atomic E-state index is 12.3. The van der Waals surface area contributed by atoms with Gasteiger partial charge in [-0.3, -0.25) is 29.4 Å². The first-order valence-electron chi connectivity index (χ1n) is 16.0. The van der Waals surface area contributed by atoms with Crippen LogP contribution in [0, 0.1) is 20.8 Å². The van der Waals surface area contributed by atoms with Crippen LogP contribution in [0.25, 0.3) is 5.00 Å². The van der Waals surface area contributed by atoms with Gasteiger partial charge >= 0.3 is 0 Å². The van der Waals surface area contributed by atoms with Crippen LogP contribution < -0.4 is 5.32 Å². The highest BCUT2D eigenvalue weighted by atomic mass is 35.5. The minimum Gasteiger partial charge on any atom is -0.301 e. The predicted molar refractivity (Wildman–Crippen MR) is 181 cm³/mol. The van der Waals surface area contributed by atoms with Gasteiger partial charge in [-0.1, -0.05) is 48.0 Å². The minimum absolute atomic E-state index is 0.118. The first-order valence-corrected chi connectivity index (χ1v) is 17.2. The molecule has 1 unspecified atom stereocenters. The molecule has 2 aromatic carbocycles. The number of nitrogens with zero attached hydrogens (tertiary/aromatic N) is 6. The fourth-order valence-electron chi connectivity index (χ4n) is 6.79. The summed E-state index contributed by atoms with van der Waals surface area (Å²) in [6.07, 6.45) is 1.82. The molecular formula is C35H38ClN7O2S. The number of piperidine rings is 1. The zero-order valence-electron chi connectivity index (χ0n) is 26.4. The zero-order valence-corrected chi connectivity index (χ0v) is 28.0. The maximum absolute atomic E-state index is 12.3. The Bertz CT molecular complexity index is 1800. The van der Waals surface area contributed by atoms with Crippen LogP contribution in [-0.4, -0.2) is 74.8 Å². The fourth-order valence-corrected chi connectivity index (χ4v) is 8.13. The van der Waals surface area contributed by atoms with Gasteiger partial charge in [-0.05, 0) is 62.4 Å². The topological polar surface area (TPSA) is 95.7 Å². The van der Waals surface area contributed by atoms with Crippen molar-refractivity contribution in [2.75, 3.05) is 32.7 Å². The highest BCUT2D eigenvalue weighted by Crippen LogP contribution is 2.39. The number of hydrogen-bond acceptors (Lipinski definition) is 8. The van der Waals surface area contributed by atoms with Gasteiger partial charge < -0.3 is 4.90 Å². The highest BCUT2D eigenvalue weighted by Gasteiger charge is 2.32. The molecule has 2 atom stereocenters. The van der Waals surface area contributed by atoms with Crippen molar-refractivity contribution in [2.24, 2.45) is 4.99 Å². The lowest BCUT2D eigenvalue weighted by Crippen LogP contribution is -2.46. The maximum Gasteiger partial charge on any atom is 0.234 e. The molecule has 0 spiro atoms. The molecule has 3 aliphatic rings. The van der Waals surface area contributed by atoms with Gasteiger partial charge in [-0.2, -0.15) is 0 Å². The zero-order chi connectivity index (χ0) is 31.9. The van der Waals surface area contributed by atoms with Gasteiger partial charge in [0.1, 0.15) is 16.9 Å². The van der Waals surface area contributed by atoms with Crippen LogP contribution in [0.1, 0.15) is 75.6 Å². The molecule has 0 bridgehead atoms. The number of halogens is 1. The van der Waals surface area contributed by atoms with Gasteiger partial charge in [0.05, 0.1) is 11.6 Å². The van der Waals surface area contributed by atoms with E-state index in [1.54, 1.807) is 11.3 Å². The Balaban J connectivity index is 1.02. The van der Waals surface area contributed by atoms with E-state index in [0.29, 0.717) is 17.9 Å². The normalized spacial score (nSPS) is 20.6. The van der Waals surface area contributed by atoms with Crippen molar-refractivity contribution in [3.05, 3.63) is 97.9 Å². The molecule has 2 aromatic heterocycles. The Kier molecular flexibility index (Phi) is 8.63. The minimum atomic E-state index is -0.242. The number of carbonyl (C=O) groups excluding carboxylic acids is 2. The molecule has 1 N–H and O–H groups in total. The first-order chi connectivity index (χ1) is 22.2. The van der Waals surface area contributed by atoms with E-state index in [1.807, 2.05) is 31.2 Å². The summed E-state index contributed by atoms with van der Waals surface area (Å²) in [6.45, 7) is 12.1. The van der Waals surface area contributed by atoms with Crippen LogP contribution in [0.15, 0.2) is 53.5 Å². The van der Waals surface area contributed by atoms with E-state index in [1.165, 1.54) is 16.0 Å². The summed E-state index contributed by atoms with van der Waals surface area (Å²) in [5.74, 6) is 1.18. The van der Waals surface area contributed by atoms with Gasteiger partial charge in [0.15, 0.2) is 5.82 Å². The number of rotatable bonds is 7. The van der Waals surface area contributed by atoms with Gasteiger partial charge in [-0.15, -0.1) is 21.5 Å². The lowest BCUT2D eigenvalue weighted by Gasteiger charge is -2.35. The molecule has 4 aromatic rings. The molecule has 0 aliphatic carbocycles. The van der Waals surface area contributed by atoms with Crippen molar-refractivity contribution in [3.8, 4) is 5.00 Å². The second kappa shape index (κ2) is 12.8. The molecule has 9 nitrogen and oxygen atoms in total. The number of carbonyl (C=O) groups is 2. The largest absolute Gasteiger partial charge is 0.301 e. The second-order valence-electron chi connectivity index (χ2n) is 12.6. The molecule has 0 saturated carbocycles. The molecule has 238 valence electrons. The molecule has 5 heterocycles. The number of aromatic nitrogens is 3. The molecule has 2 fully saturated rings. The smallest absolute Gasteiger partial charge is 0.234 e. The summed E-state index contributed by atoms with van der Waals surface area (Å²) in [6, 6.07) is 16.2. The Morgan fingerprint density at radius 3 is 2.37 bits per heavy atom. The number of piperazine rings is 1.